The number of rotatable bonds is 8. The fourth-order valence-corrected chi connectivity index (χ4v) is 2.83. The van der Waals surface area contributed by atoms with E-state index in [9.17, 15) is 4.79 Å². The zero-order valence-electron chi connectivity index (χ0n) is 16.7. The third-order valence-corrected chi connectivity index (χ3v) is 4.32. The summed E-state index contributed by atoms with van der Waals surface area (Å²) >= 11 is 0. The van der Waals surface area contributed by atoms with Crippen molar-refractivity contribution in [1.29, 1.82) is 0 Å². The van der Waals surface area contributed by atoms with Gasteiger partial charge in [0.1, 0.15) is 11.5 Å². The predicted octanol–water partition coefficient (Wildman–Crippen LogP) is 3.52. The Morgan fingerprint density at radius 3 is 2.52 bits per heavy atom. The summed E-state index contributed by atoms with van der Waals surface area (Å²) in [5.74, 6) is 1.66. The Balaban J connectivity index is 1.53. The van der Waals surface area contributed by atoms with Gasteiger partial charge in [-0.2, -0.15) is 0 Å². The van der Waals surface area contributed by atoms with Crippen LogP contribution in [0.1, 0.15) is 21.6 Å². The number of nitrogens with one attached hydrogen (secondary N) is 2. The van der Waals surface area contributed by atoms with Crippen LogP contribution in [0.15, 0.2) is 54.9 Å². The number of nitrogens with zero attached hydrogens (tertiary/aromatic N) is 2. The number of benzene rings is 2. The highest BCUT2D eigenvalue weighted by Crippen LogP contribution is 2.27. The molecule has 2 N–H and O–H groups in total. The first-order valence-corrected chi connectivity index (χ1v) is 9.24. The summed E-state index contributed by atoms with van der Waals surface area (Å²) in [7, 11) is 3.19. The molecule has 0 radical (unpaired) electrons. The minimum atomic E-state index is -0.264. The van der Waals surface area contributed by atoms with Crippen molar-refractivity contribution in [2.24, 2.45) is 0 Å². The highest BCUT2D eigenvalue weighted by molar-refractivity contribution is 5.92. The van der Waals surface area contributed by atoms with Crippen molar-refractivity contribution in [3.63, 3.8) is 0 Å². The maximum Gasteiger partial charge on any atom is 0.271 e. The van der Waals surface area contributed by atoms with E-state index in [-0.39, 0.29) is 11.6 Å². The summed E-state index contributed by atoms with van der Waals surface area (Å²) in [5.41, 5.74) is 3.37. The number of hydrogen-bond acceptors (Lipinski definition) is 6. The van der Waals surface area contributed by atoms with Crippen molar-refractivity contribution < 1.29 is 14.3 Å². The van der Waals surface area contributed by atoms with E-state index >= 15 is 0 Å². The number of carbonyl (C=O) groups excluding carboxylic acids is 1. The second-order valence-corrected chi connectivity index (χ2v) is 6.48. The monoisotopic (exact) mass is 392 g/mol. The van der Waals surface area contributed by atoms with E-state index in [1.54, 1.807) is 20.4 Å². The van der Waals surface area contributed by atoms with Gasteiger partial charge in [-0.1, -0.05) is 18.2 Å². The van der Waals surface area contributed by atoms with E-state index in [1.807, 2.05) is 49.4 Å². The van der Waals surface area contributed by atoms with Gasteiger partial charge in [0.2, 0.25) is 0 Å². The molecule has 0 fully saturated rings. The molecule has 0 saturated heterocycles. The van der Waals surface area contributed by atoms with Gasteiger partial charge >= 0.3 is 0 Å². The van der Waals surface area contributed by atoms with Gasteiger partial charge in [0, 0.05) is 12.2 Å². The zero-order valence-corrected chi connectivity index (χ0v) is 16.7. The molecule has 0 aliphatic rings. The number of anilines is 2. The summed E-state index contributed by atoms with van der Waals surface area (Å²) in [6, 6.07) is 13.6. The summed E-state index contributed by atoms with van der Waals surface area (Å²) in [5, 5.41) is 6.02. The molecule has 3 rings (SSSR count). The highest BCUT2D eigenvalue weighted by atomic mass is 16.5. The smallest absolute Gasteiger partial charge is 0.271 e. The average molecular weight is 392 g/mol. The van der Waals surface area contributed by atoms with Crippen LogP contribution in [-0.4, -0.2) is 36.6 Å². The largest absolute Gasteiger partial charge is 0.493 e. The highest BCUT2D eigenvalue weighted by Gasteiger charge is 2.09. The van der Waals surface area contributed by atoms with Crippen molar-refractivity contribution in [3.05, 3.63) is 71.7 Å². The van der Waals surface area contributed by atoms with E-state index in [0.29, 0.717) is 30.3 Å². The van der Waals surface area contributed by atoms with E-state index in [0.717, 1.165) is 16.8 Å². The molecule has 0 bridgehead atoms. The first-order chi connectivity index (χ1) is 14.1. The fourth-order valence-electron chi connectivity index (χ4n) is 2.83. The molecule has 1 heterocycles. The summed E-state index contributed by atoms with van der Waals surface area (Å²) in [4.78, 5) is 20.8. The number of amides is 1. The van der Waals surface area contributed by atoms with Gasteiger partial charge in [-0.15, -0.1) is 0 Å². The van der Waals surface area contributed by atoms with Gasteiger partial charge in [-0.05, 0) is 48.7 Å². The van der Waals surface area contributed by atoms with Crippen LogP contribution in [0.5, 0.6) is 11.5 Å². The molecule has 0 saturated carbocycles. The number of methoxy groups -OCH3 is 2. The molecule has 0 atom stereocenters. The zero-order chi connectivity index (χ0) is 20.6. The molecule has 0 spiro atoms. The first kappa shape index (κ1) is 20.1. The van der Waals surface area contributed by atoms with Crippen molar-refractivity contribution in [2.45, 2.75) is 13.3 Å². The van der Waals surface area contributed by atoms with Crippen LogP contribution in [0, 0.1) is 6.92 Å². The molecular weight excluding hydrogens is 368 g/mol. The quantitative estimate of drug-likeness (QED) is 0.610. The Labute approximate surface area is 170 Å². The Morgan fingerprint density at radius 2 is 1.83 bits per heavy atom. The number of aromatic nitrogens is 2. The summed E-state index contributed by atoms with van der Waals surface area (Å²) in [6.07, 6.45) is 3.67. The molecule has 29 heavy (non-hydrogen) atoms. The van der Waals surface area contributed by atoms with Crippen LogP contribution < -0.4 is 20.1 Å². The molecule has 0 unspecified atom stereocenters. The Morgan fingerprint density at radius 1 is 1.00 bits per heavy atom. The lowest BCUT2D eigenvalue weighted by atomic mass is 10.1. The topological polar surface area (TPSA) is 85.4 Å². The van der Waals surface area contributed by atoms with Crippen LogP contribution in [0.2, 0.25) is 0 Å². The maximum absolute atomic E-state index is 12.3. The minimum Gasteiger partial charge on any atom is -0.493 e. The van der Waals surface area contributed by atoms with Crippen LogP contribution in [0.4, 0.5) is 11.5 Å². The second-order valence-electron chi connectivity index (χ2n) is 6.48. The molecule has 1 aromatic heterocycles. The standard InChI is InChI=1S/C22H24N4O3/c1-15-5-4-6-17(11-15)26-21-14-24-18(13-25-21)22(27)23-10-9-16-7-8-19(28-2)20(12-16)29-3/h4-8,11-14H,9-10H2,1-3H3,(H,23,27)(H,25,26). The molecule has 1 amide bonds. The first-order valence-electron chi connectivity index (χ1n) is 9.24. The molecular formula is C22H24N4O3. The van der Waals surface area contributed by atoms with Gasteiger partial charge in [-0.25, -0.2) is 9.97 Å². The third kappa shape index (κ3) is 5.44. The number of aryl methyl sites for hydroxylation is 1. The Kier molecular flexibility index (Phi) is 6.63. The van der Waals surface area contributed by atoms with E-state index in [1.165, 1.54) is 6.20 Å². The Bertz CT molecular complexity index is 974. The molecule has 150 valence electrons. The Hall–Kier alpha value is -3.61. The van der Waals surface area contributed by atoms with Crippen molar-refractivity contribution >= 4 is 17.4 Å². The van der Waals surface area contributed by atoms with E-state index in [2.05, 4.69) is 20.6 Å². The normalized spacial score (nSPS) is 10.3. The number of ether oxygens (including phenoxy) is 2. The van der Waals surface area contributed by atoms with Crippen LogP contribution in [-0.2, 0) is 6.42 Å². The van der Waals surface area contributed by atoms with Crippen LogP contribution in [0.25, 0.3) is 0 Å². The van der Waals surface area contributed by atoms with Crippen LogP contribution in [0.3, 0.4) is 0 Å². The molecule has 0 aliphatic carbocycles. The van der Waals surface area contributed by atoms with Gasteiger partial charge < -0.3 is 20.1 Å². The predicted molar refractivity (Wildman–Crippen MR) is 112 cm³/mol. The molecule has 7 nitrogen and oxygen atoms in total. The number of carbonyl (C=O) groups is 1. The van der Waals surface area contributed by atoms with Gasteiger partial charge in [0.05, 0.1) is 26.6 Å². The van der Waals surface area contributed by atoms with Gasteiger partial charge in [0.15, 0.2) is 11.5 Å². The van der Waals surface area contributed by atoms with E-state index in [4.69, 9.17) is 9.47 Å². The minimum absolute atomic E-state index is 0.264. The average Bonchev–Trinajstić information content (AvgIpc) is 2.74. The second kappa shape index (κ2) is 9.54. The molecule has 3 aromatic rings. The maximum atomic E-state index is 12.3. The summed E-state index contributed by atoms with van der Waals surface area (Å²) in [6.45, 7) is 2.49. The lowest BCUT2D eigenvalue weighted by Crippen LogP contribution is -2.26. The lowest BCUT2D eigenvalue weighted by molar-refractivity contribution is 0.0949. The van der Waals surface area contributed by atoms with Crippen LogP contribution >= 0.6 is 0 Å². The molecule has 7 heteroatoms. The van der Waals surface area contributed by atoms with Gasteiger partial charge in [-0.3, -0.25) is 4.79 Å². The summed E-state index contributed by atoms with van der Waals surface area (Å²) < 4.78 is 10.5. The fraction of sp³-hybridized carbons (Fsp3) is 0.227. The molecule has 0 aliphatic heterocycles. The SMILES string of the molecule is COc1ccc(CCNC(=O)c2cnc(Nc3cccc(C)c3)cn2)cc1OC. The van der Waals surface area contributed by atoms with Crippen molar-refractivity contribution in [1.82, 2.24) is 15.3 Å². The third-order valence-electron chi connectivity index (χ3n) is 4.32. The van der Waals surface area contributed by atoms with Crippen molar-refractivity contribution in [2.75, 3.05) is 26.1 Å². The number of hydrogen-bond donors (Lipinski definition) is 2. The van der Waals surface area contributed by atoms with Gasteiger partial charge in [0.25, 0.3) is 5.91 Å². The molecule has 2 aromatic carbocycles. The van der Waals surface area contributed by atoms with E-state index < -0.39 is 0 Å². The lowest BCUT2D eigenvalue weighted by Gasteiger charge is -2.10. The van der Waals surface area contributed by atoms with Crippen molar-refractivity contribution in [3.8, 4) is 11.5 Å².